The van der Waals surface area contributed by atoms with Crippen molar-refractivity contribution >= 4 is 39.5 Å². The van der Waals surface area contributed by atoms with Crippen LogP contribution in [-0.4, -0.2) is 96.7 Å². The lowest BCUT2D eigenvalue weighted by Gasteiger charge is -2.21. The van der Waals surface area contributed by atoms with Crippen molar-refractivity contribution < 1.29 is 80.2 Å². The van der Waals surface area contributed by atoms with Gasteiger partial charge < -0.3 is 33.8 Å². The van der Waals surface area contributed by atoms with E-state index in [4.69, 9.17) is 37.0 Å². The molecule has 0 saturated heterocycles. The van der Waals surface area contributed by atoms with Gasteiger partial charge >= 0.3 is 39.5 Å². The zero-order valence-electron chi connectivity index (χ0n) is 65.5. The molecule has 0 saturated carbocycles. The van der Waals surface area contributed by atoms with E-state index in [1.54, 1.807) is 0 Å². The summed E-state index contributed by atoms with van der Waals surface area (Å²) in [5.74, 6) is -0.477. The number of ether oxygens (including phenoxy) is 4. The third-order valence-corrected chi connectivity index (χ3v) is 21.2. The lowest BCUT2D eigenvalue weighted by Crippen LogP contribution is -2.30. The van der Waals surface area contributed by atoms with Crippen LogP contribution >= 0.6 is 15.6 Å². The van der Waals surface area contributed by atoms with Crippen LogP contribution in [0.1, 0.15) is 427 Å². The highest BCUT2D eigenvalue weighted by atomic mass is 31.2. The molecule has 0 amide bonds. The zero-order chi connectivity index (χ0) is 73.5. The number of hydrogen-bond donors (Lipinski definition) is 3. The molecule has 0 spiro atoms. The van der Waals surface area contributed by atoms with Crippen LogP contribution in [0.25, 0.3) is 0 Å². The normalized spacial score (nSPS) is 14.2. The first-order valence-corrected chi connectivity index (χ1v) is 45.0. The molecule has 0 aliphatic heterocycles. The van der Waals surface area contributed by atoms with E-state index in [2.05, 4.69) is 41.5 Å². The third-order valence-electron chi connectivity index (χ3n) is 19.3. The van der Waals surface area contributed by atoms with Crippen molar-refractivity contribution in [2.75, 3.05) is 39.6 Å². The first-order valence-electron chi connectivity index (χ1n) is 42.0. The fraction of sp³-hybridized carbons (Fsp3) is 0.951. The maximum Gasteiger partial charge on any atom is 0.472 e. The Morgan fingerprint density at radius 3 is 0.760 bits per heavy atom. The Kier molecular flexibility index (Phi) is 71.2. The summed E-state index contributed by atoms with van der Waals surface area (Å²) in [7, 11) is -9.91. The van der Waals surface area contributed by atoms with Gasteiger partial charge in [-0.1, -0.05) is 375 Å². The van der Waals surface area contributed by atoms with Crippen molar-refractivity contribution in [2.24, 2.45) is 11.8 Å². The van der Waals surface area contributed by atoms with E-state index in [0.717, 1.165) is 115 Å². The Bertz CT molecular complexity index is 1930. The van der Waals surface area contributed by atoms with Crippen LogP contribution in [0, 0.1) is 11.8 Å². The van der Waals surface area contributed by atoms with Crippen molar-refractivity contribution in [1.82, 2.24) is 0 Å². The largest absolute Gasteiger partial charge is 0.472 e. The molecule has 0 bridgehead atoms. The van der Waals surface area contributed by atoms with Crippen LogP contribution in [0.4, 0.5) is 0 Å². The summed E-state index contributed by atoms with van der Waals surface area (Å²) < 4.78 is 68.6. The lowest BCUT2D eigenvalue weighted by molar-refractivity contribution is -0.161. The van der Waals surface area contributed by atoms with Gasteiger partial charge in [-0.25, -0.2) is 9.13 Å². The van der Waals surface area contributed by atoms with E-state index in [1.165, 1.54) is 231 Å². The average Bonchev–Trinajstić information content (AvgIpc) is 0.939. The Hall–Kier alpha value is -1.94. The highest BCUT2D eigenvalue weighted by molar-refractivity contribution is 7.47. The number of phosphoric acid groups is 2. The number of hydrogen-bond acceptors (Lipinski definition) is 15. The summed E-state index contributed by atoms with van der Waals surface area (Å²) in [4.78, 5) is 72.9. The molecule has 0 aliphatic carbocycles. The predicted octanol–water partition coefficient (Wildman–Crippen LogP) is 24.3. The molecule has 0 fully saturated rings. The summed E-state index contributed by atoms with van der Waals surface area (Å²) in [5, 5.41) is 10.6. The number of esters is 4. The van der Waals surface area contributed by atoms with E-state index in [0.29, 0.717) is 25.7 Å². The van der Waals surface area contributed by atoms with Crippen LogP contribution in [0.3, 0.4) is 0 Å². The molecular formula is C81H158O17P2. The van der Waals surface area contributed by atoms with E-state index >= 15 is 0 Å². The number of phosphoric ester groups is 2. The van der Waals surface area contributed by atoms with Crippen LogP contribution in [0.15, 0.2) is 0 Å². The van der Waals surface area contributed by atoms with Gasteiger partial charge in [0.1, 0.15) is 19.3 Å². The van der Waals surface area contributed by atoms with Gasteiger partial charge in [0.15, 0.2) is 12.2 Å². The van der Waals surface area contributed by atoms with Gasteiger partial charge in [0, 0.05) is 25.7 Å². The number of aliphatic hydroxyl groups excluding tert-OH is 1. The molecule has 19 heteroatoms. The summed E-state index contributed by atoms with van der Waals surface area (Å²) >= 11 is 0. The van der Waals surface area contributed by atoms with Gasteiger partial charge in [-0.05, 0) is 37.5 Å². The predicted molar refractivity (Wildman–Crippen MR) is 409 cm³/mol. The minimum Gasteiger partial charge on any atom is -0.462 e. The van der Waals surface area contributed by atoms with Gasteiger partial charge in [0.2, 0.25) is 0 Å². The third kappa shape index (κ3) is 73.0. The monoisotopic (exact) mass is 1470 g/mol. The van der Waals surface area contributed by atoms with Gasteiger partial charge in [0.25, 0.3) is 0 Å². The fourth-order valence-corrected chi connectivity index (χ4v) is 14.1. The minimum atomic E-state index is -4.96. The highest BCUT2D eigenvalue weighted by Crippen LogP contribution is 2.45. The molecule has 6 atom stereocenters. The summed E-state index contributed by atoms with van der Waals surface area (Å²) in [6, 6.07) is 0. The van der Waals surface area contributed by atoms with Crippen molar-refractivity contribution in [3.05, 3.63) is 0 Å². The topological polar surface area (TPSA) is 237 Å². The van der Waals surface area contributed by atoms with E-state index in [9.17, 15) is 43.2 Å². The molecule has 100 heavy (non-hydrogen) atoms. The molecule has 17 nitrogen and oxygen atoms in total. The first kappa shape index (κ1) is 98.1. The van der Waals surface area contributed by atoms with Gasteiger partial charge in [-0.2, -0.15) is 0 Å². The molecule has 0 rings (SSSR count). The van der Waals surface area contributed by atoms with Crippen molar-refractivity contribution in [3.8, 4) is 0 Å². The second-order valence-corrected chi connectivity index (χ2v) is 32.8. The van der Waals surface area contributed by atoms with Crippen molar-refractivity contribution in [1.29, 1.82) is 0 Å². The van der Waals surface area contributed by atoms with Crippen LogP contribution < -0.4 is 0 Å². The second kappa shape index (κ2) is 72.6. The zero-order valence-corrected chi connectivity index (χ0v) is 67.3. The molecule has 0 aromatic carbocycles. The second-order valence-electron chi connectivity index (χ2n) is 29.9. The van der Waals surface area contributed by atoms with Gasteiger partial charge in [0.05, 0.1) is 26.4 Å². The molecule has 0 aromatic heterocycles. The Morgan fingerprint density at radius 1 is 0.290 bits per heavy atom. The Labute approximate surface area is 613 Å². The number of aliphatic hydroxyl groups is 1. The van der Waals surface area contributed by atoms with E-state index in [1.807, 2.05) is 0 Å². The lowest BCUT2D eigenvalue weighted by atomic mass is 9.99. The van der Waals surface area contributed by atoms with E-state index in [-0.39, 0.29) is 25.7 Å². The Morgan fingerprint density at radius 2 is 0.510 bits per heavy atom. The van der Waals surface area contributed by atoms with Gasteiger partial charge in [-0.3, -0.25) is 37.3 Å². The average molecular weight is 1470 g/mol. The first-order chi connectivity index (χ1) is 48.4. The van der Waals surface area contributed by atoms with Crippen LogP contribution in [0.2, 0.25) is 0 Å². The minimum absolute atomic E-state index is 0.106. The van der Waals surface area contributed by atoms with Crippen molar-refractivity contribution in [3.63, 3.8) is 0 Å². The smallest absolute Gasteiger partial charge is 0.462 e. The Balaban J connectivity index is 5.17. The number of unbranched alkanes of at least 4 members (excludes halogenated alkanes) is 49. The standard InChI is InChI=1S/C81H158O17P2/c1-7-10-12-14-16-17-18-19-20-23-27-30-35-40-46-52-58-64-79(84)92-70-77(98-80(85)65-59-53-47-41-36-31-28-25-22-21-24-26-29-34-39-45-50-56-62-74(6)9-3)72-96-100(89,90)94-68-75(82)67-93-99(87,88)95-71-76(69-91-78(83)63-57-51-43-15-13-11-8-2)97-81(86)66-60-54-48-42-37-32-33-38-44-49-55-61-73(4)5/h73-77,82H,7-72H2,1-6H3,(H,87,88)(H,89,90)/t74?,75-,76+,77+/m0/s1. The molecule has 3 N–H and O–H groups in total. The molecule has 3 unspecified atom stereocenters. The fourth-order valence-electron chi connectivity index (χ4n) is 12.5. The number of carbonyl (C=O) groups is 4. The summed E-state index contributed by atoms with van der Waals surface area (Å²) in [6.07, 6.45) is 62.6. The quantitative estimate of drug-likeness (QED) is 0.0222. The maximum absolute atomic E-state index is 13.1. The summed E-state index contributed by atoms with van der Waals surface area (Å²) in [5.41, 5.74) is 0. The van der Waals surface area contributed by atoms with E-state index < -0.39 is 97.5 Å². The van der Waals surface area contributed by atoms with Crippen molar-refractivity contribution in [2.45, 2.75) is 445 Å². The highest BCUT2D eigenvalue weighted by Gasteiger charge is 2.30. The van der Waals surface area contributed by atoms with Crippen LogP contribution in [0.5, 0.6) is 0 Å². The molecule has 594 valence electrons. The molecule has 0 aliphatic rings. The van der Waals surface area contributed by atoms with Crippen LogP contribution in [-0.2, 0) is 65.4 Å². The maximum atomic E-state index is 13.1. The SMILES string of the molecule is CCCCCCCCCCCCCCCCCCCC(=O)OC[C@H](COP(=O)(O)OC[C@@H](O)COP(=O)(O)OC[C@@H](COC(=O)CCCCCCCCC)OC(=O)CCCCCCCCCCCCCC(C)C)OC(=O)CCCCCCCCCCCCCCCCCCCCC(C)CC. The summed E-state index contributed by atoms with van der Waals surface area (Å²) in [6.45, 7) is 9.66. The molecule has 0 heterocycles. The molecule has 0 aromatic rings. The van der Waals surface area contributed by atoms with Gasteiger partial charge in [-0.15, -0.1) is 0 Å². The number of rotatable bonds is 80. The number of carbonyl (C=O) groups excluding carboxylic acids is 4. The molecule has 0 radical (unpaired) electrons. The molecular weight excluding hydrogens is 1310 g/mol.